The van der Waals surface area contributed by atoms with Crippen LogP contribution in [0.4, 0.5) is 9.41 Å². The van der Waals surface area contributed by atoms with Crippen LogP contribution in [0.15, 0.2) is 0 Å². The number of hydrogen-bond acceptors (Lipinski definition) is 2. The average Bonchev–Trinajstić information content (AvgIpc) is 0.918. The molecule has 0 atom stereocenters. The van der Waals surface area contributed by atoms with Gasteiger partial charge in [0.05, 0.1) is 0 Å². The summed E-state index contributed by atoms with van der Waals surface area (Å²) in [6.07, 6.45) is 0. The Labute approximate surface area is 35.9 Å². The minimum absolute atomic E-state index is 0. The van der Waals surface area contributed by atoms with Crippen LogP contribution in [0.3, 0.4) is 0 Å². The monoisotopic (exact) mass is 120 g/mol. The van der Waals surface area contributed by atoms with E-state index < -0.39 is 19.1 Å². The molecule has 0 heterocycles. The van der Waals surface area contributed by atoms with Gasteiger partial charge in [0.15, 0.2) is 0 Å². The summed E-state index contributed by atoms with van der Waals surface area (Å²) in [4.78, 5) is 0. The Bertz CT molecular complexity index is 28.6. The third-order valence-corrected chi connectivity index (χ3v) is 0. The van der Waals surface area contributed by atoms with Crippen molar-refractivity contribution < 1.29 is 35.1 Å². The van der Waals surface area contributed by atoms with E-state index in [0.29, 0.717) is 0 Å². The van der Waals surface area contributed by atoms with E-state index in [0.717, 1.165) is 0 Å². The van der Waals surface area contributed by atoms with Gasteiger partial charge in [0.1, 0.15) is 0 Å². The van der Waals surface area contributed by atoms with Crippen molar-refractivity contribution in [3.63, 3.8) is 0 Å². The zero-order valence-electron chi connectivity index (χ0n) is 2.13. The fraction of sp³-hybridized carbons (Fsp3) is 0. The molecule has 0 amide bonds. The molecule has 2 nitrogen and oxygen atoms in total. The zero-order valence-corrected chi connectivity index (χ0v) is 3.69. The van der Waals surface area contributed by atoms with E-state index in [4.69, 9.17) is 6.65 Å². The Morgan fingerprint density at radius 3 is 1.00 bits per heavy atom. The van der Waals surface area contributed by atoms with Crippen LogP contribution in [0.1, 0.15) is 0 Å². The Balaban J connectivity index is -0.0000000200. The van der Waals surface area contributed by atoms with Gasteiger partial charge in [-0.1, -0.05) is 0 Å². The average molecular weight is 120 g/mol. The molecule has 0 aromatic carbocycles. The molecule has 5 heteroatoms. The summed E-state index contributed by atoms with van der Waals surface area (Å²) in [7, 11) is 0. The number of hydrogen-bond donors (Lipinski definition) is 0. The van der Waals surface area contributed by atoms with E-state index in [-0.39, 0.29) is 9.41 Å². The molecule has 0 aromatic heterocycles. The molecule has 0 spiro atoms. The third kappa shape index (κ3) is 650. The van der Waals surface area contributed by atoms with E-state index >= 15 is 0 Å². The van der Waals surface area contributed by atoms with Crippen LogP contribution < -0.4 is 0 Å². The first-order chi connectivity index (χ1) is 1.41. The van der Waals surface area contributed by atoms with Gasteiger partial charge in [-0.2, -0.15) is 0 Å². The van der Waals surface area contributed by atoms with Gasteiger partial charge in [-0.15, -0.1) is 0 Å². The van der Waals surface area contributed by atoms with Crippen LogP contribution in [0.5, 0.6) is 0 Å². The molecule has 0 N–H and O–H groups in total. The molecule has 5 heavy (non-hydrogen) atoms. The Morgan fingerprint density at radius 2 is 1.00 bits per heavy atom. The second-order valence-electron chi connectivity index (χ2n) is 0.0833. The summed E-state index contributed by atoms with van der Waals surface area (Å²) in [5, 5.41) is 0. The molecule has 0 fully saturated rings. The van der Waals surface area contributed by atoms with Crippen LogP contribution >= 0.6 is 0 Å². The molecule has 0 bridgehead atoms. The van der Waals surface area contributed by atoms with Crippen molar-refractivity contribution in [2.45, 2.75) is 0 Å². The summed E-state index contributed by atoms with van der Waals surface area (Å²) in [6.45, 7) is 0. The van der Waals surface area contributed by atoms with E-state index in [1.54, 1.807) is 0 Å². The zero-order chi connectivity index (χ0) is 2.71. The van der Waals surface area contributed by atoms with Crippen LogP contribution in [-0.4, -0.2) is 0 Å². The maximum absolute atomic E-state index is 8.50. The molecular weight excluding hydrogens is 118 g/mol. The Hall–Kier alpha value is 0.174. The summed E-state index contributed by atoms with van der Waals surface area (Å²) >= 11 is -2.00. The molecular formula is H2F2O2Ti. The third-order valence-electron chi connectivity index (χ3n) is 0. The van der Waals surface area contributed by atoms with Crippen molar-refractivity contribution in [2.75, 3.05) is 0 Å². The summed E-state index contributed by atoms with van der Waals surface area (Å²) < 4.78 is 17.0. The van der Waals surface area contributed by atoms with Crippen LogP contribution in [0, 0.1) is 0 Å². The van der Waals surface area contributed by atoms with E-state index in [9.17, 15) is 0 Å². The second-order valence-corrected chi connectivity index (χ2v) is 0.344. The fourth-order valence-electron chi connectivity index (χ4n) is 0. The molecule has 0 unspecified atom stereocenters. The predicted octanol–water partition coefficient (Wildman–Crippen LogP) is 0.0649. The summed E-state index contributed by atoms with van der Waals surface area (Å²) in [6, 6.07) is 0. The molecule has 0 saturated heterocycles. The van der Waals surface area contributed by atoms with Crippen LogP contribution in [-0.2, 0) is 25.7 Å². The molecule has 0 aliphatic carbocycles. The Kier molecular flexibility index (Phi) is 116. The van der Waals surface area contributed by atoms with Crippen molar-refractivity contribution in [1.82, 2.24) is 0 Å². The van der Waals surface area contributed by atoms with Crippen molar-refractivity contribution in [2.24, 2.45) is 0 Å². The molecule has 0 radical (unpaired) electrons. The fourth-order valence-corrected chi connectivity index (χ4v) is 0. The van der Waals surface area contributed by atoms with Crippen molar-refractivity contribution in [3.05, 3.63) is 0 Å². The first kappa shape index (κ1) is 19.1. The van der Waals surface area contributed by atoms with Gasteiger partial charge >= 0.3 is 25.7 Å². The van der Waals surface area contributed by atoms with Crippen molar-refractivity contribution >= 4 is 0 Å². The predicted molar refractivity (Wildman–Crippen MR) is 6.38 cm³/mol. The van der Waals surface area contributed by atoms with E-state index in [2.05, 4.69) is 0 Å². The van der Waals surface area contributed by atoms with Gasteiger partial charge < -0.3 is 0 Å². The van der Waals surface area contributed by atoms with Gasteiger partial charge in [0.2, 0.25) is 0 Å². The molecule has 0 aliphatic heterocycles. The summed E-state index contributed by atoms with van der Waals surface area (Å²) in [5.41, 5.74) is 0. The van der Waals surface area contributed by atoms with Gasteiger partial charge in [0, 0.05) is 0 Å². The Morgan fingerprint density at radius 1 is 1.00 bits per heavy atom. The van der Waals surface area contributed by atoms with Gasteiger partial charge in [-0.25, -0.2) is 0 Å². The molecule has 32 valence electrons. The summed E-state index contributed by atoms with van der Waals surface area (Å²) in [5.74, 6) is 0. The van der Waals surface area contributed by atoms with Crippen LogP contribution in [0.25, 0.3) is 0 Å². The molecule has 0 aliphatic rings. The van der Waals surface area contributed by atoms with Crippen LogP contribution in [0.2, 0.25) is 0 Å². The molecule has 0 aromatic rings. The van der Waals surface area contributed by atoms with Gasteiger partial charge in [-0.3, -0.25) is 9.41 Å². The van der Waals surface area contributed by atoms with E-state index in [1.807, 2.05) is 0 Å². The van der Waals surface area contributed by atoms with Gasteiger partial charge in [0.25, 0.3) is 0 Å². The SMILES string of the molecule is F.F.[O]=[Ti]=[O]. The number of halogens is 2. The first-order valence-electron chi connectivity index (χ1n) is 0.408. The standard InChI is InChI=1S/2FH.2O.Ti/h2*1H;;;. The normalized spacial score (nSPS) is 1.60. The van der Waals surface area contributed by atoms with Crippen molar-refractivity contribution in [3.8, 4) is 0 Å². The molecule has 0 saturated carbocycles. The minimum atomic E-state index is -2.00. The first-order valence-corrected chi connectivity index (χ1v) is 1.68. The topological polar surface area (TPSA) is 34.1 Å². The maximum atomic E-state index is 8.50. The quantitative estimate of drug-likeness (QED) is 0.423. The second kappa shape index (κ2) is 30.5. The van der Waals surface area contributed by atoms with Gasteiger partial charge in [-0.05, 0) is 0 Å². The van der Waals surface area contributed by atoms with E-state index in [1.165, 1.54) is 0 Å². The molecule has 0 rings (SSSR count). The van der Waals surface area contributed by atoms with Crippen molar-refractivity contribution in [1.29, 1.82) is 0 Å². The number of rotatable bonds is 0.